The molecule has 9 heteroatoms. The van der Waals surface area contributed by atoms with Crippen molar-refractivity contribution >= 4 is 5.97 Å². The molecule has 2 bridgehead atoms. The van der Waals surface area contributed by atoms with Crippen LogP contribution in [0.2, 0.25) is 0 Å². The highest BCUT2D eigenvalue weighted by molar-refractivity contribution is 5.78. The molecule has 6 unspecified atom stereocenters. The van der Waals surface area contributed by atoms with E-state index in [1.54, 1.807) is 6.92 Å². The lowest BCUT2D eigenvalue weighted by Crippen LogP contribution is -2.66. The summed E-state index contributed by atoms with van der Waals surface area (Å²) in [7, 11) is 0. The zero-order valence-electron chi connectivity index (χ0n) is 17.5. The molecule has 6 atom stereocenters. The van der Waals surface area contributed by atoms with Gasteiger partial charge < -0.3 is 9.84 Å². The van der Waals surface area contributed by atoms with Crippen LogP contribution in [0.1, 0.15) is 60.8 Å². The van der Waals surface area contributed by atoms with E-state index in [-0.39, 0.29) is 17.8 Å². The van der Waals surface area contributed by atoms with Crippen molar-refractivity contribution in [2.75, 3.05) is 0 Å². The van der Waals surface area contributed by atoms with Gasteiger partial charge in [0, 0.05) is 0 Å². The number of rotatable bonds is 4. The Balaban J connectivity index is 2.41. The molecule has 0 aliphatic heterocycles. The molecule has 0 amide bonds. The molecule has 2 aliphatic carbocycles. The SMILES string of the molecule is CC1C2CC(C1C)C(C)(C(=O)OC(CC(C)(C)C)C(O)(C(F)(F)F)C(F)(F)F)C2. The van der Waals surface area contributed by atoms with Crippen molar-refractivity contribution in [3.63, 3.8) is 0 Å². The van der Waals surface area contributed by atoms with Crippen molar-refractivity contribution in [1.82, 2.24) is 0 Å². The molecule has 2 aliphatic rings. The third-order valence-electron chi connectivity index (χ3n) is 7.11. The molecule has 0 aromatic carbocycles. The van der Waals surface area contributed by atoms with E-state index < -0.39 is 47.3 Å². The summed E-state index contributed by atoms with van der Waals surface area (Å²) in [6.07, 6.45) is -14.7. The van der Waals surface area contributed by atoms with Crippen molar-refractivity contribution < 1.29 is 41.0 Å². The highest BCUT2D eigenvalue weighted by Gasteiger charge is 2.76. The van der Waals surface area contributed by atoms with Crippen LogP contribution in [-0.2, 0) is 9.53 Å². The number of carbonyl (C=O) groups excluding carboxylic acids is 1. The zero-order valence-corrected chi connectivity index (χ0v) is 17.5. The highest BCUT2D eigenvalue weighted by Crippen LogP contribution is 2.61. The molecule has 170 valence electrons. The van der Waals surface area contributed by atoms with E-state index in [1.165, 1.54) is 20.8 Å². The summed E-state index contributed by atoms with van der Waals surface area (Å²) in [6, 6.07) is 0. The first-order chi connectivity index (χ1) is 12.8. The van der Waals surface area contributed by atoms with Gasteiger partial charge in [0.1, 0.15) is 6.10 Å². The van der Waals surface area contributed by atoms with Gasteiger partial charge >= 0.3 is 18.3 Å². The van der Waals surface area contributed by atoms with Crippen LogP contribution in [0.25, 0.3) is 0 Å². The molecule has 0 heterocycles. The Bertz CT molecular complexity index is 620. The fourth-order valence-electron chi connectivity index (χ4n) is 5.21. The van der Waals surface area contributed by atoms with Gasteiger partial charge in [-0.15, -0.1) is 0 Å². The lowest BCUT2D eigenvalue weighted by atomic mass is 9.66. The van der Waals surface area contributed by atoms with Crippen molar-refractivity contribution in [2.24, 2.45) is 34.5 Å². The van der Waals surface area contributed by atoms with E-state index in [1.807, 2.05) is 13.8 Å². The van der Waals surface area contributed by atoms with E-state index in [4.69, 9.17) is 4.74 Å². The van der Waals surface area contributed by atoms with Crippen LogP contribution in [0.5, 0.6) is 0 Å². The topological polar surface area (TPSA) is 46.5 Å². The van der Waals surface area contributed by atoms with Gasteiger partial charge in [-0.05, 0) is 55.3 Å². The van der Waals surface area contributed by atoms with E-state index in [0.29, 0.717) is 18.8 Å². The zero-order chi connectivity index (χ0) is 22.8. The van der Waals surface area contributed by atoms with Gasteiger partial charge in [0.05, 0.1) is 5.41 Å². The van der Waals surface area contributed by atoms with Crippen LogP contribution in [0.4, 0.5) is 26.3 Å². The van der Waals surface area contributed by atoms with Crippen molar-refractivity contribution in [2.45, 2.75) is 84.9 Å². The quantitative estimate of drug-likeness (QED) is 0.471. The number of carbonyl (C=O) groups is 1. The summed E-state index contributed by atoms with van der Waals surface area (Å²) < 4.78 is 85.6. The fourth-order valence-corrected chi connectivity index (χ4v) is 5.21. The van der Waals surface area contributed by atoms with Gasteiger partial charge in [-0.2, -0.15) is 26.3 Å². The first-order valence-corrected chi connectivity index (χ1v) is 9.82. The summed E-state index contributed by atoms with van der Waals surface area (Å²) in [4.78, 5) is 12.9. The van der Waals surface area contributed by atoms with Gasteiger partial charge in [0.15, 0.2) is 0 Å². The van der Waals surface area contributed by atoms with E-state index in [9.17, 15) is 36.2 Å². The molecule has 2 rings (SSSR count). The number of hydrogen-bond donors (Lipinski definition) is 1. The van der Waals surface area contributed by atoms with E-state index >= 15 is 0 Å². The minimum Gasteiger partial charge on any atom is -0.458 e. The predicted molar refractivity (Wildman–Crippen MR) is 93.7 cm³/mol. The Morgan fingerprint density at radius 3 is 1.90 bits per heavy atom. The lowest BCUT2D eigenvalue weighted by Gasteiger charge is -2.43. The van der Waals surface area contributed by atoms with E-state index in [0.717, 1.165) is 0 Å². The maximum absolute atomic E-state index is 13.5. The second-order valence-electron chi connectivity index (χ2n) is 10.4. The maximum Gasteiger partial charge on any atom is 0.430 e. The minimum absolute atomic E-state index is 0.108. The van der Waals surface area contributed by atoms with Crippen LogP contribution in [0.3, 0.4) is 0 Å². The van der Waals surface area contributed by atoms with Gasteiger partial charge in [-0.1, -0.05) is 34.6 Å². The number of esters is 1. The van der Waals surface area contributed by atoms with Crippen LogP contribution < -0.4 is 0 Å². The summed E-state index contributed by atoms with van der Waals surface area (Å²) in [5.74, 6) is -0.650. The number of fused-ring (bicyclic) bond motifs is 2. The Morgan fingerprint density at radius 2 is 1.55 bits per heavy atom. The number of halogens is 6. The molecule has 1 N–H and O–H groups in total. The molecular weight excluding hydrogens is 402 g/mol. The molecule has 0 spiro atoms. The first kappa shape index (κ1) is 24.3. The number of hydrogen-bond acceptors (Lipinski definition) is 3. The standard InChI is InChI=1S/C20H30F6O3/c1-10-11(2)13-7-12(10)8-17(13,6)15(27)29-14(9-16(3,4)5)18(28,19(21,22)23)20(24,25)26/h10-14,28H,7-9H2,1-6H3. The summed E-state index contributed by atoms with van der Waals surface area (Å²) in [5, 5.41) is 9.88. The van der Waals surface area contributed by atoms with Crippen LogP contribution in [0.15, 0.2) is 0 Å². The van der Waals surface area contributed by atoms with Crippen LogP contribution in [0, 0.1) is 34.5 Å². The Morgan fingerprint density at radius 1 is 1.07 bits per heavy atom. The average molecular weight is 432 g/mol. The predicted octanol–water partition coefficient (Wildman–Crippen LogP) is 5.51. The van der Waals surface area contributed by atoms with Gasteiger partial charge in [-0.25, -0.2) is 0 Å². The molecule has 29 heavy (non-hydrogen) atoms. The maximum atomic E-state index is 13.5. The van der Waals surface area contributed by atoms with Gasteiger partial charge in [-0.3, -0.25) is 4.79 Å². The molecule has 0 saturated heterocycles. The summed E-state index contributed by atoms with van der Waals surface area (Å²) in [6.45, 7) is 9.79. The Kier molecular flexibility index (Phi) is 5.88. The third-order valence-corrected chi connectivity index (χ3v) is 7.11. The van der Waals surface area contributed by atoms with Crippen molar-refractivity contribution in [1.29, 1.82) is 0 Å². The number of aliphatic hydroxyl groups is 1. The molecular formula is C20H30F6O3. The molecule has 0 aromatic rings. The summed E-state index contributed by atoms with van der Waals surface area (Å²) >= 11 is 0. The number of alkyl halides is 6. The highest BCUT2D eigenvalue weighted by atomic mass is 19.4. The normalized spacial score (nSPS) is 34.4. The summed E-state index contributed by atoms with van der Waals surface area (Å²) in [5.41, 5.74) is -7.37. The lowest BCUT2D eigenvalue weighted by molar-refractivity contribution is -0.393. The molecule has 3 nitrogen and oxygen atoms in total. The minimum atomic E-state index is -6.06. The molecule has 2 saturated carbocycles. The van der Waals surface area contributed by atoms with Gasteiger partial charge in [0.2, 0.25) is 0 Å². The fraction of sp³-hybridized carbons (Fsp3) is 0.950. The number of ether oxygens (including phenoxy) is 1. The third kappa shape index (κ3) is 4.00. The second kappa shape index (κ2) is 7.02. The molecule has 0 radical (unpaired) electrons. The van der Waals surface area contributed by atoms with Gasteiger partial charge in [0.25, 0.3) is 5.60 Å². The van der Waals surface area contributed by atoms with Crippen LogP contribution in [-0.4, -0.2) is 35.1 Å². The molecule has 2 fully saturated rings. The smallest absolute Gasteiger partial charge is 0.430 e. The second-order valence-corrected chi connectivity index (χ2v) is 10.4. The van der Waals surface area contributed by atoms with E-state index in [2.05, 4.69) is 0 Å². The Labute approximate surface area is 167 Å². The molecule has 0 aromatic heterocycles. The van der Waals surface area contributed by atoms with Crippen molar-refractivity contribution in [3.05, 3.63) is 0 Å². The Hall–Kier alpha value is -0.990. The average Bonchev–Trinajstić information content (AvgIpc) is 2.99. The largest absolute Gasteiger partial charge is 0.458 e. The monoisotopic (exact) mass is 432 g/mol. The van der Waals surface area contributed by atoms with Crippen molar-refractivity contribution in [3.8, 4) is 0 Å². The first-order valence-electron chi connectivity index (χ1n) is 9.82. The van der Waals surface area contributed by atoms with Crippen LogP contribution >= 0.6 is 0 Å².